The second-order valence-corrected chi connectivity index (χ2v) is 4.48. The lowest BCUT2D eigenvalue weighted by atomic mass is 10.1. The van der Waals surface area contributed by atoms with E-state index in [0.29, 0.717) is 0 Å². The molecule has 1 unspecified atom stereocenters. The van der Waals surface area contributed by atoms with Crippen molar-refractivity contribution in [3.8, 4) is 0 Å². The van der Waals surface area contributed by atoms with Crippen LogP contribution in [0.3, 0.4) is 0 Å². The minimum absolute atomic E-state index is 0.155. The molecule has 0 radical (unpaired) electrons. The molecule has 2 rings (SSSR count). The smallest absolute Gasteiger partial charge is 0.0838 e. The van der Waals surface area contributed by atoms with Crippen molar-refractivity contribution in [2.24, 2.45) is 5.73 Å². The molecule has 78 valence electrons. The van der Waals surface area contributed by atoms with Crippen molar-refractivity contribution in [2.75, 3.05) is 0 Å². The third kappa shape index (κ3) is 2.06. The van der Waals surface area contributed by atoms with Crippen LogP contribution < -0.4 is 5.73 Å². The molecule has 0 bridgehead atoms. The summed E-state index contributed by atoms with van der Waals surface area (Å²) in [6.07, 6.45) is 3.50. The Kier molecular flexibility index (Phi) is 2.79. The van der Waals surface area contributed by atoms with Gasteiger partial charge in [0.2, 0.25) is 0 Å². The number of aryl methyl sites for hydroxylation is 2. The number of aromatic nitrogens is 2. The fourth-order valence-electron chi connectivity index (χ4n) is 1.40. The summed E-state index contributed by atoms with van der Waals surface area (Å²) in [6.45, 7) is 3.98. The summed E-state index contributed by atoms with van der Waals surface area (Å²) in [7, 11) is 0. The van der Waals surface area contributed by atoms with Gasteiger partial charge in [-0.2, -0.15) is 0 Å². The molecule has 2 aromatic rings. The van der Waals surface area contributed by atoms with Crippen molar-refractivity contribution < 1.29 is 0 Å². The minimum Gasteiger partial charge on any atom is -0.318 e. The van der Waals surface area contributed by atoms with Crippen LogP contribution in [0.1, 0.15) is 27.9 Å². The SMILES string of the molecule is Cc1cnc(C(N)c2sccc2C)cn1. The molecule has 2 heterocycles. The minimum atomic E-state index is -0.155. The number of hydrogen-bond acceptors (Lipinski definition) is 4. The van der Waals surface area contributed by atoms with Gasteiger partial charge in [0.1, 0.15) is 0 Å². The first-order valence-electron chi connectivity index (χ1n) is 4.76. The molecule has 0 aliphatic carbocycles. The van der Waals surface area contributed by atoms with Crippen LogP contribution in [-0.2, 0) is 0 Å². The van der Waals surface area contributed by atoms with Gasteiger partial charge in [0.05, 0.1) is 23.6 Å². The van der Waals surface area contributed by atoms with Crippen molar-refractivity contribution in [1.29, 1.82) is 0 Å². The molecule has 0 aromatic carbocycles. The molecule has 0 saturated heterocycles. The maximum Gasteiger partial charge on any atom is 0.0838 e. The molecule has 2 N–H and O–H groups in total. The number of nitrogens with zero attached hydrogens (tertiary/aromatic N) is 2. The van der Waals surface area contributed by atoms with Crippen LogP contribution in [0.15, 0.2) is 23.8 Å². The first-order valence-corrected chi connectivity index (χ1v) is 5.64. The molecule has 2 aromatic heterocycles. The molecule has 0 fully saturated rings. The van der Waals surface area contributed by atoms with Crippen LogP contribution in [0.4, 0.5) is 0 Å². The Hall–Kier alpha value is -1.26. The highest BCUT2D eigenvalue weighted by atomic mass is 32.1. The van der Waals surface area contributed by atoms with E-state index in [2.05, 4.69) is 23.0 Å². The van der Waals surface area contributed by atoms with Crippen LogP contribution in [-0.4, -0.2) is 9.97 Å². The van der Waals surface area contributed by atoms with Gasteiger partial charge in [-0.25, -0.2) is 0 Å². The maximum absolute atomic E-state index is 6.12. The van der Waals surface area contributed by atoms with Crippen molar-refractivity contribution in [1.82, 2.24) is 9.97 Å². The summed E-state index contributed by atoms with van der Waals surface area (Å²) in [4.78, 5) is 9.66. The summed E-state index contributed by atoms with van der Waals surface area (Å²) in [5.41, 5.74) is 9.07. The first kappa shape index (κ1) is 10.3. The Bertz CT molecular complexity index is 447. The Morgan fingerprint density at radius 1 is 1.27 bits per heavy atom. The van der Waals surface area contributed by atoms with Gasteiger partial charge in [-0.1, -0.05) is 0 Å². The zero-order valence-electron chi connectivity index (χ0n) is 8.77. The average Bonchev–Trinajstić information content (AvgIpc) is 2.65. The highest BCUT2D eigenvalue weighted by Gasteiger charge is 2.13. The molecule has 0 saturated carbocycles. The van der Waals surface area contributed by atoms with Gasteiger partial charge in [-0.15, -0.1) is 11.3 Å². The lowest BCUT2D eigenvalue weighted by Crippen LogP contribution is -2.13. The average molecular weight is 219 g/mol. The van der Waals surface area contributed by atoms with E-state index in [9.17, 15) is 0 Å². The second-order valence-electron chi connectivity index (χ2n) is 3.53. The van der Waals surface area contributed by atoms with E-state index < -0.39 is 0 Å². The normalized spacial score (nSPS) is 12.7. The van der Waals surface area contributed by atoms with Crippen molar-refractivity contribution in [3.05, 3.63) is 45.7 Å². The molecule has 0 aliphatic rings. The Labute approximate surface area is 93.0 Å². The number of nitrogens with two attached hydrogens (primary N) is 1. The number of rotatable bonds is 2. The topological polar surface area (TPSA) is 51.8 Å². The van der Waals surface area contributed by atoms with E-state index >= 15 is 0 Å². The van der Waals surface area contributed by atoms with E-state index in [-0.39, 0.29) is 6.04 Å². The third-order valence-electron chi connectivity index (χ3n) is 2.30. The molecule has 0 amide bonds. The highest BCUT2D eigenvalue weighted by Crippen LogP contribution is 2.25. The number of hydrogen-bond donors (Lipinski definition) is 1. The predicted octanol–water partition coefficient (Wildman–Crippen LogP) is 2.20. The van der Waals surface area contributed by atoms with E-state index in [1.54, 1.807) is 23.7 Å². The predicted molar refractivity (Wildman–Crippen MR) is 61.9 cm³/mol. The lowest BCUT2D eigenvalue weighted by Gasteiger charge is -2.09. The van der Waals surface area contributed by atoms with Crippen LogP contribution in [0.5, 0.6) is 0 Å². The zero-order valence-corrected chi connectivity index (χ0v) is 9.58. The van der Waals surface area contributed by atoms with Gasteiger partial charge in [-0.05, 0) is 30.9 Å². The standard InChI is InChI=1S/C11H13N3S/c1-7-3-4-15-11(7)10(12)9-6-13-8(2)5-14-9/h3-6,10H,12H2,1-2H3. The largest absolute Gasteiger partial charge is 0.318 e. The van der Waals surface area contributed by atoms with Gasteiger partial charge in [0.25, 0.3) is 0 Å². The van der Waals surface area contributed by atoms with Crippen molar-refractivity contribution in [2.45, 2.75) is 19.9 Å². The summed E-state index contributed by atoms with van der Waals surface area (Å²) >= 11 is 1.66. The molecule has 0 aliphatic heterocycles. The van der Waals surface area contributed by atoms with E-state index in [0.717, 1.165) is 16.3 Å². The van der Waals surface area contributed by atoms with Gasteiger partial charge < -0.3 is 5.73 Å². The molecule has 4 heteroatoms. The number of thiophene rings is 1. The van der Waals surface area contributed by atoms with E-state index in [4.69, 9.17) is 5.73 Å². The van der Waals surface area contributed by atoms with Crippen molar-refractivity contribution in [3.63, 3.8) is 0 Å². The molecular weight excluding hydrogens is 206 g/mol. The molecule has 3 nitrogen and oxygen atoms in total. The zero-order chi connectivity index (χ0) is 10.8. The summed E-state index contributed by atoms with van der Waals surface area (Å²) in [5, 5.41) is 2.05. The van der Waals surface area contributed by atoms with Gasteiger partial charge in [0, 0.05) is 11.1 Å². The van der Waals surface area contributed by atoms with Crippen LogP contribution >= 0.6 is 11.3 Å². The van der Waals surface area contributed by atoms with Crippen LogP contribution in [0.2, 0.25) is 0 Å². The fraction of sp³-hybridized carbons (Fsp3) is 0.273. The molecule has 1 atom stereocenters. The monoisotopic (exact) mass is 219 g/mol. The first-order chi connectivity index (χ1) is 7.18. The summed E-state index contributed by atoms with van der Waals surface area (Å²) in [5.74, 6) is 0. The quantitative estimate of drug-likeness (QED) is 0.842. The summed E-state index contributed by atoms with van der Waals surface area (Å²) < 4.78 is 0. The highest BCUT2D eigenvalue weighted by molar-refractivity contribution is 7.10. The van der Waals surface area contributed by atoms with Crippen LogP contribution in [0, 0.1) is 13.8 Å². The van der Waals surface area contributed by atoms with Gasteiger partial charge in [-0.3, -0.25) is 9.97 Å². The Balaban J connectivity index is 2.32. The summed E-state index contributed by atoms with van der Waals surface area (Å²) in [6, 6.07) is 1.92. The molecule has 15 heavy (non-hydrogen) atoms. The molecular formula is C11H13N3S. The second kappa shape index (κ2) is 4.08. The van der Waals surface area contributed by atoms with Gasteiger partial charge in [0.15, 0.2) is 0 Å². The molecule has 0 spiro atoms. The Morgan fingerprint density at radius 3 is 2.60 bits per heavy atom. The fourth-order valence-corrected chi connectivity index (χ4v) is 2.34. The lowest BCUT2D eigenvalue weighted by molar-refractivity contribution is 0.823. The van der Waals surface area contributed by atoms with Gasteiger partial charge >= 0.3 is 0 Å². The maximum atomic E-state index is 6.12. The van der Waals surface area contributed by atoms with Crippen molar-refractivity contribution >= 4 is 11.3 Å². The van der Waals surface area contributed by atoms with Crippen LogP contribution in [0.25, 0.3) is 0 Å². The third-order valence-corrected chi connectivity index (χ3v) is 3.41. The van der Waals surface area contributed by atoms with E-state index in [1.165, 1.54) is 5.56 Å². The Morgan fingerprint density at radius 2 is 2.07 bits per heavy atom. The van der Waals surface area contributed by atoms with E-state index in [1.807, 2.05) is 12.3 Å².